The molecule has 0 aliphatic heterocycles. The van der Waals surface area contributed by atoms with Crippen LogP contribution in [0.1, 0.15) is 27.9 Å². The Kier molecular flexibility index (Phi) is 9.68. The van der Waals surface area contributed by atoms with Crippen LogP contribution < -0.4 is 10.6 Å². The van der Waals surface area contributed by atoms with Crippen molar-refractivity contribution in [2.24, 2.45) is 4.99 Å². The maximum atomic E-state index is 11.7. The number of thiazole rings is 1. The minimum Gasteiger partial charge on any atom is -0.357 e. The number of aliphatic imine (C=N–C) groups is 1. The molecule has 27 heavy (non-hydrogen) atoms. The van der Waals surface area contributed by atoms with E-state index in [-0.39, 0.29) is 24.0 Å². The molecule has 0 spiro atoms. The molecule has 0 unspecified atom stereocenters. The van der Waals surface area contributed by atoms with E-state index in [0.717, 1.165) is 41.6 Å². The zero-order chi connectivity index (χ0) is 19.2. The van der Waals surface area contributed by atoms with Crippen LogP contribution in [0.25, 0.3) is 0 Å². The number of benzene rings is 1. The largest absolute Gasteiger partial charge is 0.357 e. The summed E-state index contributed by atoms with van der Waals surface area (Å²) in [5.74, 6) is 0.741. The van der Waals surface area contributed by atoms with Crippen molar-refractivity contribution >= 4 is 51.1 Å². The van der Waals surface area contributed by atoms with E-state index in [9.17, 15) is 8.42 Å². The molecule has 2 N–H and O–H groups in total. The number of aryl methyl sites for hydroxylation is 2. The molecule has 1 aromatic carbocycles. The van der Waals surface area contributed by atoms with Gasteiger partial charge in [-0.15, -0.1) is 35.3 Å². The summed E-state index contributed by atoms with van der Waals surface area (Å²) >= 11 is 1.71. The molecule has 0 radical (unpaired) electrons. The summed E-state index contributed by atoms with van der Waals surface area (Å²) in [6, 6.07) is 5.34. The van der Waals surface area contributed by atoms with E-state index in [1.165, 1.54) is 11.1 Å². The summed E-state index contributed by atoms with van der Waals surface area (Å²) in [5, 5.41) is 7.64. The Morgan fingerprint density at radius 2 is 2.00 bits per heavy atom. The van der Waals surface area contributed by atoms with Crippen molar-refractivity contribution in [2.75, 3.05) is 19.3 Å². The number of guanidine groups is 1. The first-order valence-corrected chi connectivity index (χ1v) is 11.2. The van der Waals surface area contributed by atoms with E-state index in [1.807, 2.05) is 32.2 Å². The van der Waals surface area contributed by atoms with Crippen LogP contribution in [0.2, 0.25) is 0 Å². The highest BCUT2D eigenvalue weighted by Gasteiger charge is 2.10. The Morgan fingerprint density at radius 3 is 2.56 bits per heavy atom. The topological polar surface area (TPSA) is 83.5 Å². The van der Waals surface area contributed by atoms with Crippen molar-refractivity contribution < 1.29 is 8.42 Å². The number of halogens is 1. The molecular formula is C18H27IN4O2S2. The summed E-state index contributed by atoms with van der Waals surface area (Å²) < 4.78 is 23.4. The Morgan fingerprint density at radius 1 is 1.26 bits per heavy atom. The monoisotopic (exact) mass is 522 g/mol. The van der Waals surface area contributed by atoms with E-state index in [4.69, 9.17) is 0 Å². The lowest BCUT2D eigenvalue weighted by Gasteiger charge is -2.11. The maximum absolute atomic E-state index is 11.7. The summed E-state index contributed by atoms with van der Waals surface area (Å²) in [4.78, 5) is 10.5. The van der Waals surface area contributed by atoms with Gasteiger partial charge in [0.05, 0.1) is 16.4 Å². The first kappa shape index (κ1) is 23.8. The van der Waals surface area contributed by atoms with E-state index < -0.39 is 9.84 Å². The summed E-state index contributed by atoms with van der Waals surface area (Å²) in [5.41, 5.74) is 1.72. The zero-order valence-corrected chi connectivity index (χ0v) is 20.0. The van der Waals surface area contributed by atoms with Gasteiger partial charge in [-0.25, -0.2) is 18.4 Å². The molecule has 0 saturated heterocycles. The van der Waals surface area contributed by atoms with Crippen LogP contribution in [-0.2, 0) is 22.8 Å². The van der Waals surface area contributed by atoms with Crippen molar-refractivity contribution in [1.29, 1.82) is 0 Å². The minimum atomic E-state index is -3.19. The molecule has 0 bridgehead atoms. The van der Waals surface area contributed by atoms with Gasteiger partial charge in [0.15, 0.2) is 15.8 Å². The van der Waals surface area contributed by atoms with Gasteiger partial charge in [0.25, 0.3) is 0 Å². The Bertz CT molecular complexity index is 879. The van der Waals surface area contributed by atoms with Crippen LogP contribution in [0.3, 0.4) is 0 Å². The average Bonchev–Trinajstić information content (AvgIpc) is 2.97. The second-order valence-electron chi connectivity index (χ2n) is 6.11. The first-order valence-electron chi connectivity index (χ1n) is 8.52. The highest BCUT2D eigenvalue weighted by molar-refractivity contribution is 14.0. The maximum Gasteiger partial charge on any atom is 0.191 e. The van der Waals surface area contributed by atoms with Gasteiger partial charge >= 0.3 is 0 Å². The molecule has 0 amide bonds. The highest BCUT2D eigenvalue weighted by Crippen LogP contribution is 2.17. The molecule has 2 rings (SSSR count). The number of aromatic nitrogens is 1. The van der Waals surface area contributed by atoms with Crippen LogP contribution in [-0.4, -0.2) is 38.7 Å². The van der Waals surface area contributed by atoms with Crippen LogP contribution in [0.5, 0.6) is 0 Å². The van der Waals surface area contributed by atoms with Gasteiger partial charge in [-0.3, -0.25) is 0 Å². The Labute approximate surface area is 182 Å². The molecular weight excluding hydrogens is 495 g/mol. The lowest BCUT2D eigenvalue weighted by molar-refractivity contribution is 0.601. The molecule has 0 aliphatic rings. The van der Waals surface area contributed by atoms with Gasteiger partial charge in [-0.05, 0) is 38.0 Å². The normalized spacial score (nSPS) is 11.8. The van der Waals surface area contributed by atoms with Gasteiger partial charge in [0.1, 0.15) is 0 Å². The molecule has 6 nitrogen and oxygen atoms in total. The predicted molar refractivity (Wildman–Crippen MR) is 123 cm³/mol. The summed E-state index contributed by atoms with van der Waals surface area (Å²) in [7, 11) is -3.19. The Hall–Kier alpha value is -1.20. The zero-order valence-electron chi connectivity index (χ0n) is 16.1. The van der Waals surface area contributed by atoms with Crippen molar-refractivity contribution in [2.45, 2.75) is 38.6 Å². The van der Waals surface area contributed by atoms with Crippen LogP contribution >= 0.6 is 35.3 Å². The smallest absolute Gasteiger partial charge is 0.191 e. The molecule has 1 heterocycles. The molecule has 0 saturated carbocycles. The molecule has 9 heteroatoms. The van der Waals surface area contributed by atoms with E-state index >= 15 is 0 Å². The van der Waals surface area contributed by atoms with Crippen LogP contribution in [0.15, 0.2) is 34.3 Å². The van der Waals surface area contributed by atoms with Gasteiger partial charge in [-0.2, -0.15) is 0 Å². The lowest BCUT2D eigenvalue weighted by atomic mass is 10.1. The fourth-order valence-electron chi connectivity index (χ4n) is 2.54. The van der Waals surface area contributed by atoms with Gasteiger partial charge in [-0.1, -0.05) is 12.1 Å². The predicted octanol–water partition coefficient (Wildman–Crippen LogP) is 3.08. The van der Waals surface area contributed by atoms with Gasteiger partial charge in [0.2, 0.25) is 0 Å². The first-order chi connectivity index (χ1) is 12.3. The van der Waals surface area contributed by atoms with E-state index in [0.29, 0.717) is 11.4 Å². The van der Waals surface area contributed by atoms with E-state index in [2.05, 4.69) is 27.5 Å². The summed E-state index contributed by atoms with van der Waals surface area (Å²) in [6.45, 7) is 7.89. The number of rotatable bonds is 7. The number of nitrogens with zero attached hydrogens (tertiary/aromatic N) is 2. The molecule has 0 fully saturated rings. The fraction of sp³-hybridized carbons (Fsp3) is 0.444. The Balaban J connectivity index is 0.00000364. The van der Waals surface area contributed by atoms with Crippen LogP contribution in [0, 0.1) is 13.8 Å². The van der Waals surface area contributed by atoms with Crippen molar-refractivity contribution in [3.05, 3.63) is 45.4 Å². The second kappa shape index (κ2) is 11.0. The third-order valence-corrected chi connectivity index (χ3v) is 5.93. The molecule has 0 atom stereocenters. The quantitative estimate of drug-likeness (QED) is 0.332. The lowest BCUT2D eigenvalue weighted by Crippen LogP contribution is -2.38. The average molecular weight is 522 g/mol. The summed E-state index contributed by atoms with van der Waals surface area (Å²) in [6.07, 6.45) is 3.97. The van der Waals surface area contributed by atoms with Crippen molar-refractivity contribution in [3.8, 4) is 0 Å². The number of hydrogen-bond acceptors (Lipinski definition) is 5. The minimum absolute atomic E-state index is 0. The van der Waals surface area contributed by atoms with Gasteiger partial charge < -0.3 is 10.6 Å². The SMILES string of the molecule is CCNC(=NCc1ccc(S(C)(=O)=O)c(C)c1)NCCc1ncc(C)s1.I. The number of nitrogens with one attached hydrogen (secondary N) is 2. The van der Waals surface area contributed by atoms with Crippen molar-refractivity contribution in [3.63, 3.8) is 0 Å². The molecule has 150 valence electrons. The fourth-order valence-corrected chi connectivity index (χ4v) is 4.29. The second-order valence-corrected chi connectivity index (χ2v) is 9.41. The number of hydrogen-bond donors (Lipinski definition) is 2. The van der Waals surface area contributed by atoms with Crippen LogP contribution in [0.4, 0.5) is 0 Å². The molecule has 1 aromatic heterocycles. The molecule has 2 aromatic rings. The third kappa shape index (κ3) is 7.74. The standard InChI is InChI=1S/C18H26N4O2S2.HI/c1-5-19-18(20-9-8-17-21-11-14(3)25-17)22-12-15-6-7-16(13(2)10-15)26(4,23)24;/h6-7,10-11H,5,8-9,12H2,1-4H3,(H2,19,20,22);1H. The van der Waals surface area contributed by atoms with Gasteiger partial charge in [0, 0.05) is 36.8 Å². The number of sulfone groups is 1. The highest BCUT2D eigenvalue weighted by atomic mass is 127. The van der Waals surface area contributed by atoms with Crippen molar-refractivity contribution in [1.82, 2.24) is 15.6 Å². The third-order valence-electron chi connectivity index (χ3n) is 3.70. The molecule has 0 aliphatic carbocycles. The van der Waals surface area contributed by atoms with E-state index in [1.54, 1.807) is 17.4 Å².